The molecule has 5 heterocycles. The Balaban J connectivity index is 1.38. The topological polar surface area (TPSA) is 95.9 Å². The Morgan fingerprint density at radius 3 is 2.74 bits per heavy atom. The van der Waals surface area contributed by atoms with Gasteiger partial charge in [0.2, 0.25) is 5.95 Å². The number of hydrogen-bond acceptors (Lipinski definition) is 7. The average molecular weight is 503 g/mol. The van der Waals surface area contributed by atoms with Crippen LogP contribution in [0.4, 0.5) is 35.0 Å². The molecule has 3 aromatic rings. The van der Waals surface area contributed by atoms with Gasteiger partial charge in [0.05, 0.1) is 48.1 Å². The van der Waals surface area contributed by atoms with E-state index < -0.39 is 24.0 Å². The number of hydrogen-bond donors (Lipinski definition) is 3. The first-order chi connectivity index (χ1) is 16.3. The summed E-state index contributed by atoms with van der Waals surface area (Å²) in [6.07, 6.45) is -2.90. The van der Waals surface area contributed by atoms with Crippen LogP contribution in [0.25, 0.3) is 11.0 Å². The summed E-state index contributed by atoms with van der Waals surface area (Å²) < 4.78 is 61.8. The predicted octanol–water partition coefficient (Wildman–Crippen LogP) is 3.99. The van der Waals surface area contributed by atoms with E-state index in [1.54, 1.807) is 6.92 Å². The van der Waals surface area contributed by atoms with Crippen molar-refractivity contribution in [3.63, 3.8) is 0 Å². The Hall–Kier alpha value is -2.64. The normalized spacial score (nSPS) is 22.2. The van der Waals surface area contributed by atoms with Crippen LogP contribution >= 0.6 is 11.6 Å². The Kier molecular flexibility index (Phi) is 6.02. The van der Waals surface area contributed by atoms with E-state index in [1.165, 1.54) is 10.9 Å². The lowest BCUT2D eigenvalue weighted by atomic mass is 10.0. The van der Waals surface area contributed by atoms with E-state index in [-0.39, 0.29) is 40.5 Å². The molecular formula is C20H23ClF4N8O. The molecule has 3 aromatic heterocycles. The zero-order chi connectivity index (χ0) is 24.0. The summed E-state index contributed by atoms with van der Waals surface area (Å²) in [5.74, 6) is 0.0559. The average Bonchev–Trinajstić information content (AvgIpc) is 3.32. The molecule has 2 atom stereocenters. The Morgan fingerprint density at radius 1 is 1.29 bits per heavy atom. The highest BCUT2D eigenvalue weighted by Crippen LogP contribution is 2.38. The van der Waals surface area contributed by atoms with Gasteiger partial charge in [-0.25, -0.2) is 9.07 Å². The van der Waals surface area contributed by atoms with Crippen molar-refractivity contribution >= 4 is 40.1 Å². The maximum absolute atomic E-state index is 15.0. The van der Waals surface area contributed by atoms with Gasteiger partial charge in [-0.1, -0.05) is 11.6 Å². The van der Waals surface area contributed by atoms with Crippen molar-refractivity contribution in [1.29, 1.82) is 0 Å². The summed E-state index contributed by atoms with van der Waals surface area (Å²) in [7, 11) is 0. The quantitative estimate of drug-likeness (QED) is 0.439. The minimum absolute atomic E-state index is 0.0143. The van der Waals surface area contributed by atoms with Crippen LogP contribution in [0.3, 0.4) is 0 Å². The lowest BCUT2D eigenvalue weighted by molar-refractivity contribution is -0.136. The molecule has 0 radical (unpaired) electrons. The number of nitrogens with zero attached hydrogens (tertiary/aromatic N) is 5. The second kappa shape index (κ2) is 8.86. The number of fused-ring (bicyclic) bond motifs is 1. The molecule has 2 saturated heterocycles. The highest BCUT2D eigenvalue weighted by atomic mass is 35.5. The molecule has 2 aliphatic rings. The number of rotatable bonds is 6. The maximum atomic E-state index is 15.0. The van der Waals surface area contributed by atoms with Crippen LogP contribution in [0.15, 0.2) is 12.4 Å². The number of halogens is 5. The molecule has 0 aromatic carbocycles. The summed E-state index contributed by atoms with van der Waals surface area (Å²) in [5, 5.41) is 10.0. The van der Waals surface area contributed by atoms with Crippen molar-refractivity contribution in [2.45, 2.75) is 37.8 Å². The third kappa shape index (κ3) is 4.16. The summed E-state index contributed by atoms with van der Waals surface area (Å²) in [6.45, 7) is 4.34. The molecule has 0 unspecified atom stereocenters. The second-order valence-corrected chi connectivity index (χ2v) is 8.68. The number of anilines is 3. The fourth-order valence-electron chi connectivity index (χ4n) is 4.35. The third-order valence-corrected chi connectivity index (χ3v) is 6.53. The molecule has 0 aliphatic carbocycles. The number of alkyl halides is 4. The molecule has 5 rings (SSSR count). The first kappa shape index (κ1) is 23.1. The van der Waals surface area contributed by atoms with Gasteiger partial charge in [0, 0.05) is 25.8 Å². The van der Waals surface area contributed by atoms with Gasteiger partial charge in [0.1, 0.15) is 17.6 Å². The lowest BCUT2D eigenvalue weighted by Crippen LogP contribution is -2.55. The molecule has 9 nitrogen and oxygen atoms in total. The number of aromatic nitrogens is 5. The Bertz CT molecular complexity index is 1180. The van der Waals surface area contributed by atoms with Crippen molar-refractivity contribution in [2.24, 2.45) is 0 Å². The minimum atomic E-state index is -4.56. The van der Waals surface area contributed by atoms with E-state index in [0.29, 0.717) is 38.4 Å². The maximum Gasteiger partial charge on any atom is 0.418 e. The van der Waals surface area contributed by atoms with Crippen LogP contribution in [0.1, 0.15) is 24.9 Å². The van der Waals surface area contributed by atoms with E-state index in [0.717, 1.165) is 6.20 Å². The summed E-state index contributed by atoms with van der Waals surface area (Å²) in [4.78, 5) is 13.0. The van der Waals surface area contributed by atoms with Gasteiger partial charge in [-0.05, 0) is 13.3 Å². The number of piperidine rings is 1. The zero-order valence-corrected chi connectivity index (χ0v) is 18.9. The van der Waals surface area contributed by atoms with Crippen LogP contribution in [0, 0.1) is 0 Å². The SMILES string of the molecule is CCNc1nc(Nc2cnn([C@H]3CCN(C4COC4)C[C@@H]3F)c2Cl)nc2[nH]cc(C(F)(F)F)c12. The molecule has 34 heavy (non-hydrogen) atoms. The third-order valence-electron chi connectivity index (χ3n) is 6.15. The van der Waals surface area contributed by atoms with Gasteiger partial charge in [-0.15, -0.1) is 0 Å². The fourth-order valence-corrected chi connectivity index (χ4v) is 4.61. The van der Waals surface area contributed by atoms with Gasteiger partial charge in [0.15, 0.2) is 5.15 Å². The summed E-state index contributed by atoms with van der Waals surface area (Å²) in [6, 6.07) is -0.271. The van der Waals surface area contributed by atoms with Gasteiger partial charge < -0.3 is 20.4 Å². The molecule has 14 heteroatoms. The van der Waals surface area contributed by atoms with Gasteiger partial charge in [-0.2, -0.15) is 28.2 Å². The van der Waals surface area contributed by atoms with E-state index in [9.17, 15) is 17.6 Å². The van der Waals surface area contributed by atoms with Crippen LogP contribution in [-0.4, -0.2) is 74.7 Å². The van der Waals surface area contributed by atoms with Crippen molar-refractivity contribution < 1.29 is 22.3 Å². The first-order valence-corrected chi connectivity index (χ1v) is 11.3. The standard InChI is InChI=1S/C20H23ClF4N8O/c1-2-26-17-15-11(20(23,24)25)5-27-18(15)31-19(30-17)29-13-6-28-33(16(13)21)14-3-4-32(7-12(14)22)10-8-34-9-10/h5-6,10,12,14H,2-4,7-9H2,1H3,(H3,26,27,29,30,31)/t12-,14-/m0/s1. The molecule has 0 spiro atoms. The Labute approximate surface area is 196 Å². The summed E-state index contributed by atoms with van der Waals surface area (Å²) in [5.41, 5.74) is -0.516. The molecule has 0 bridgehead atoms. The predicted molar refractivity (Wildman–Crippen MR) is 118 cm³/mol. The van der Waals surface area contributed by atoms with Gasteiger partial charge >= 0.3 is 6.18 Å². The van der Waals surface area contributed by atoms with E-state index in [1.807, 2.05) is 0 Å². The van der Waals surface area contributed by atoms with Crippen molar-refractivity contribution in [2.75, 3.05) is 43.5 Å². The highest BCUT2D eigenvalue weighted by Gasteiger charge is 2.38. The Morgan fingerprint density at radius 2 is 2.09 bits per heavy atom. The van der Waals surface area contributed by atoms with Crippen LogP contribution < -0.4 is 10.6 Å². The van der Waals surface area contributed by atoms with Crippen LogP contribution in [-0.2, 0) is 10.9 Å². The fraction of sp³-hybridized carbons (Fsp3) is 0.550. The van der Waals surface area contributed by atoms with Gasteiger partial charge in [-0.3, -0.25) is 4.90 Å². The highest BCUT2D eigenvalue weighted by molar-refractivity contribution is 6.32. The first-order valence-electron chi connectivity index (χ1n) is 10.9. The van der Waals surface area contributed by atoms with Gasteiger partial charge in [0.25, 0.3) is 0 Å². The monoisotopic (exact) mass is 502 g/mol. The number of nitrogens with one attached hydrogen (secondary N) is 3. The number of aromatic amines is 1. The molecule has 0 saturated carbocycles. The summed E-state index contributed by atoms with van der Waals surface area (Å²) >= 11 is 6.50. The molecule has 2 aliphatic heterocycles. The molecular weight excluding hydrogens is 480 g/mol. The zero-order valence-electron chi connectivity index (χ0n) is 18.2. The smallest absolute Gasteiger partial charge is 0.378 e. The van der Waals surface area contributed by atoms with Crippen molar-refractivity contribution in [1.82, 2.24) is 29.6 Å². The van der Waals surface area contributed by atoms with Crippen molar-refractivity contribution in [3.8, 4) is 0 Å². The molecule has 3 N–H and O–H groups in total. The number of likely N-dealkylation sites (tertiary alicyclic amines) is 1. The second-order valence-electron chi connectivity index (χ2n) is 8.33. The lowest BCUT2D eigenvalue weighted by Gasteiger charge is -2.42. The van der Waals surface area contributed by atoms with Crippen LogP contribution in [0.5, 0.6) is 0 Å². The van der Waals surface area contributed by atoms with E-state index >= 15 is 0 Å². The molecule has 184 valence electrons. The van der Waals surface area contributed by atoms with Crippen molar-refractivity contribution in [3.05, 3.63) is 23.1 Å². The number of ether oxygens (including phenoxy) is 1. The molecule has 0 amide bonds. The molecule has 2 fully saturated rings. The largest absolute Gasteiger partial charge is 0.418 e. The van der Waals surface area contributed by atoms with Crippen LogP contribution in [0.2, 0.25) is 5.15 Å². The van der Waals surface area contributed by atoms with E-state index in [4.69, 9.17) is 16.3 Å². The number of H-pyrrole nitrogens is 1. The van der Waals surface area contributed by atoms with E-state index in [2.05, 4.69) is 35.6 Å². The minimum Gasteiger partial charge on any atom is -0.378 e.